The Labute approximate surface area is 161 Å². The fourth-order valence-corrected chi connectivity index (χ4v) is 4.64. The number of aromatic nitrogens is 1. The SMILES string of the molecule is COCc1c(C(=O)N2CCN(c3ccccn3)CC2)sc2cccc(F)c12. The van der Waals surface area contributed by atoms with Crippen LogP contribution >= 0.6 is 11.3 Å². The number of piperazine rings is 1. The highest BCUT2D eigenvalue weighted by Gasteiger charge is 2.27. The van der Waals surface area contributed by atoms with Gasteiger partial charge in [0.1, 0.15) is 11.6 Å². The molecule has 0 saturated carbocycles. The summed E-state index contributed by atoms with van der Waals surface area (Å²) in [5, 5.41) is 0.500. The molecular weight excluding hydrogens is 365 g/mol. The summed E-state index contributed by atoms with van der Waals surface area (Å²) in [7, 11) is 1.56. The van der Waals surface area contributed by atoms with Crippen LogP contribution in [0.3, 0.4) is 0 Å². The summed E-state index contributed by atoms with van der Waals surface area (Å²) in [4.78, 5) is 22.1. The second kappa shape index (κ2) is 7.62. The Hall–Kier alpha value is -2.51. The highest BCUT2D eigenvalue weighted by atomic mass is 32.1. The number of carbonyl (C=O) groups excluding carboxylic acids is 1. The number of hydrogen-bond donors (Lipinski definition) is 0. The van der Waals surface area contributed by atoms with Gasteiger partial charge in [-0.2, -0.15) is 0 Å². The van der Waals surface area contributed by atoms with E-state index in [1.54, 1.807) is 19.4 Å². The summed E-state index contributed by atoms with van der Waals surface area (Å²) in [6.07, 6.45) is 1.77. The van der Waals surface area contributed by atoms with Gasteiger partial charge in [-0.05, 0) is 24.3 Å². The van der Waals surface area contributed by atoms with Crippen LogP contribution in [0.15, 0.2) is 42.6 Å². The van der Waals surface area contributed by atoms with Gasteiger partial charge in [0.25, 0.3) is 5.91 Å². The number of rotatable bonds is 4. The maximum absolute atomic E-state index is 14.3. The average Bonchev–Trinajstić information content (AvgIpc) is 3.08. The van der Waals surface area contributed by atoms with Gasteiger partial charge in [-0.25, -0.2) is 9.37 Å². The lowest BCUT2D eigenvalue weighted by Gasteiger charge is -2.35. The smallest absolute Gasteiger partial charge is 0.264 e. The van der Waals surface area contributed by atoms with Crippen LogP contribution in [0, 0.1) is 5.82 Å². The molecule has 3 aromatic rings. The number of hydrogen-bond acceptors (Lipinski definition) is 5. The molecule has 4 rings (SSSR count). The summed E-state index contributed by atoms with van der Waals surface area (Å²) in [6.45, 7) is 2.89. The number of fused-ring (bicyclic) bond motifs is 1. The monoisotopic (exact) mass is 385 g/mol. The van der Waals surface area contributed by atoms with E-state index in [9.17, 15) is 9.18 Å². The first-order valence-corrected chi connectivity index (χ1v) is 9.64. The summed E-state index contributed by atoms with van der Waals surface area (Å²) in [6, 6.07) is 10.8. The molecule has 0 spiro atoms. The van der Waals surface area contributed by atoms with E-state index in [-0.39, 0.29) is 18.3 Å². The molecule has 5 nitrogen and oxygen atoms in total. The predicted octanol–water partition coefficient (Wildman–Crippen LogP) is 3.54. The van der Waals surface area contributed by atoms with Crippen LogP contribution in [-0.4, -0.2) is 49.1 Å². The molecular formula is C20H20FN3O2S. The molecule has 27 heavy (non-hydrogen) atoms. The molecule has 1 fully saturated rings. The maximum Gasteiger partial charge on any atom is 0.264 e. The molecule has 140 valence electrons. The Bertz CT molecular complexity index is 953. The zero-order chi connectivity index (χ0) is 18.8. The van der Waals surface area contributed by atoms with Crippen LogP contribution in [0.2, 0.25) is 0 Å². The highest BCUT2D eigenvalue weighted by Crippen LogP contribution is 2.34. The normalized spacial score (nSPS) is 14.7. The van der Waals surface area contributed by atoms with Crippen molar-refractivity contribution in [2.45, 2.75) is 6.61 Å². The summed E-state index contributed by atoms with van der Waals surface area (Å²) in [5.41, 5.74) is 0.646. The largest absolute Gasteiger partial charge is 0.380 e. The third-order valence-electron chi connectivity index (χ3n) is 4.79. The first-order valence-electron chi connectivity index (χ1n) is 8.83. The number of carbonyl (C=O) groups is 1. The predicted molar refractivity (Wildman–Crippen MR) is 105 cm³/mol. The van der Waals surface area contributed by atoms with Gasteiger partial charge in [0, 0.05) is 55.1 Å². The molecule has 2 aromatic heterocycles. The van der Waals surface area contributed by atoms with E-state index in [0.717, 1.165) is 23.6 Å². The van der Waals surface area contributed by atoms with Gasteiger partial charge in [0.2, 0.25) is 0 Å². The molecule has 1 saturated heterocycles. The number of amides is 1. The van der Waals surface area contributed by atoms with E-state index >= 15 is 0 Å². The number of benzene rings is 1. The van der Waals surface area contributed by atoms with E-state index < -0.39 is 0 Å². The molecule has 0 radical (unpaired) electrons. The Kier molecular flexibility index (Phi) is 5.05. The van der Waals surface area contributed by atoms with Crippen LogP contribution in [0.1, 0.15) is 15.2 Å². The lowest BCUT2D eigenvalue weighted by atomic mass is 10.1. The van der Waals surface area contributed by atoms with Gasteiger partial charge >= 0.3 is 0 Å². The van der Waals surface area contributed by atoms with Crippen molar-refractivity contribution in [3.05, 3.63) is 58.9 Å². The standard InChI is InChI=1S/C20H20FN3O2S/c1-26-13-14-18-15(21)5-4-6-16(18)27-19(14)20(25)24-11-9-23(10-12-24)17-7-2-3-8-22-17/h2-8H,9-13H2,1H3. The Morgan fingerprint density at radius 1 is 1.19 bits per heavy atom. The quantitative estimate of drug-likeness (QED) is 0.689. The van der Waals surface area contributed by atoms with Gasteiger partial charge in [-0.3, -0.25) is 4.79 Å². The van der Waals surface area contributed by atoms with Gasteiger partial charge in [-0.1, -0.05) is 12.1 Å². The summed E-state index contributed by atoms with van der Waals surface area (Å²) >= 11 is 1.34. The van der Waals surface area contributed by atoms with Gasteiger partial charge in [0.15, 0.2) is 0 Å². The number of ether oxygens (including phenoxy) is 1. The Morgan fingerprint density at radius 2 is 2.00 bits per heavy atom. The van der Waals surface area contributed by atoms with Crippen LogP contribution in [0.5, 0.6) is 0 Å². The first-order chi connectivity index (χ1) is 13.2. The number of nitrogens with zero attached hydrogens (tertiary/aromatic N) is 3. The molecule has 7 heteroatoms. The van der Waals surface area contributed by atoms with E-state index in [4.69, 9.17) is 4.74 Å². The molecule has 1 aliphatic rings. The second-order valence-electron chi connectivity index (χ2n) is 6.42. The molecule has 3 heterocycles. The Balaban J connectivity index is 1.57. The van der Waals surface area contributed by atoms with Crippen molar-refractivity contribution in [1.29, 1.82) is 0 Å². The number of anilines is 1. The lowest BCUT2D eigenvalue weighted by molar-refractivity contribution is 0.0747. The fourth-order valence-electron chi connectivity index (χ4n) is 3.45. The van der Waals surface area contributed by atoms with Crippen LogP contribution < -0.4 is 4.90 Å². The van der Waals surface area contributed by atoms with Crippen molar-refractivity contribution in [2.24, 2.45) is 0 Å². The molecule has 0 aliphatic carbocycles. The maximum atomic E-state index is 14.3. The number of halogens is 1. The fraction of sp³-hybridized carbons (Fsp3) is 0.300. The molecule has 0 unspecified atom stereocenters. The third kappa shape index (κ3) is 3.40. The third-order valence-corrected chi connectivity index (χ3v) is 5.97. The van der Waals surface area contributed by atoms with Gasteiger partial charge in [0.05, 0.1) is 11.5 Å². The lowest BCUT2D eigenvalue weighted by Crippen LogP contribution is -2.49. The molecule has 1 aliphatic heterocycles. The van der Waals surface area contributed by atoms with Crippen molar-refractivity contribution in [3.63, 3.8) is 0 Å². The van der Waals surface area contributed by atoms with Gasteiger partial charge < -0.3 is 14.5 Å². The minimum Gasteiger partial charge on any atom is -0.380 e. The van der Waals surface area contributed by atoms with Crippen molar-refractivity contribution in [2.75, 3.05) is 38.2 Å². The topological polar surface area (TPSA) is 45.7 Å². The second-order valence-corrected chi connectivity index (χ2v) is 7.48. The van der Waals surface area contributed by atoms with E-state index in [1.165, 1.54) is 17.4 Å². The number of pyridine rings is 1. The van der Waals surface area contributed by atoms with Crippen molar-refractivity contribution >= 4 is 33.1 Å². The van der Waals surface area contributed by atoms with E-state index in [2.05, 4.69) is 9.88 Å². The highest BCUT2D eigenvalue weighted by molar-refractivity contribution is 7.21. The van der Waals surface area contributed by atoms with Crippen LogP contribution in [-0.2, 0) is 11.3 Å². The molecule has 0 N–H and O–H groups in total. The van der Waals surface area contributed by atoms with E-state index in [1.807, 2.05) is 29.2 Å². The Morgan fingerprint density at radius 3 is 2.70 bits per heavy atom. The zero-order valence-electron chi connectivity index (χ0n) is 15.0. The van der Waals surface area contributed by atoms with Crippen molar-refractivity contribution in [1.82, 2.24) is 9.88 Å². The van der Waals surface area contributed by atoms with Gasteiger partial charge in [-0.15, -0.1) is 11.3 Å². The summed E-state index contributed by atoms with van der Waals surface area (Å²) in [5.74, 6) is 0.562. The number of thiophene rings is 1. The average molecular weight is 385 g/mol. The number of methoxy groups -OCH3 is 1. The first kappa shape index (κ1) is 17.9. The zero-order valence-corrected chi connectivity index (χ0v) is 15.8. The van der Waals surface area contributed by atoms with Crippen LogP contribution in [0.4, 0.5) is 10.2 Å². The molecule has 0 bridgehead atoms. The van der Waals surface area contributed by atoms with Crippen molar-refractivity contribution in [3.8, 4) is 0 Å². The molecule has 0 atom stereocenters. The molecule has 1 amide bonds. The van der Waals surface area contributed by atoms with Crippen molar-refractivity contribution < 1.29 is 13.9 Å². The van der Waals surface area contributed by atoms with Crippen LogP contribution in [0.25, 0.3) is 10.1 Å². The molecule has 1 aromatic carbocycles. The minimum atomic E-state index is -0.310. The van der Waals surface area contributed by atoms with E-state index in [0.29, 0.717) is 28.9 Å². The minimum absolute atomic E-state index is 0.0525. The summed E-state index contributed by atoms with van der Waals surface area (Å²) < 4.78 is 20.4.